The molecule has 0 aliphatic carbocycles. The van der Waals surface area contributed by atoms with E-state index in [0.29, 0.717) is 12.1 Å². The van der Waals surface area contributed by atoms with Gasteiger partial charge in [-0.15, -0.1) is 0 Å². The van der Waals surface area contributed by atoms with Gasteiger partial charge in [-0.25, -0.2) is 0 Å². The number of ether oxygens (including phenoxy) is 1. The van der Waals surface area contributed by atoms with E-state index in [1.54, 1.807) is 0 Å². The highest BCUT2D eigenvalue weighted by atomic mass is 16.5. The highest BCUT2D eigenvalue weighted by molar-refractivity contribution is 5.40. The average Bonchev–Trinajstić information content (AvgIpc) is 2.80. The minimum atomic E-state index is 0.251. The van der Waals surface area contributed by atoms with Gasteiger partial charge in [-0.05, 0) is 44.9 Å². The normalized spacial score (nSPS) is 27.9. The zero-order valence-electron chi connectivity index (χ0n) is 12.6. The van der Waals surface area contributed by atoms with Crippen molar-refractivity contribution in [2.24, 2.45) is 5.73 Å². The molecule has 110 valence electrons. The lowest BCUT2D eigenvalue weighted by molar-refractivity contribution is 0.0803. The van der Waals surface area contributed by atoms with Gasteiger partial charge in [-0.1, -0.05) is 24.1 Å². The van der Waals surface area contributed by atoms with Crippen molar-refractivity contribution in [3.63, 3.8) is 0 Å². The molecule has 2 aliphatic rings. The minimum absolute atomic E-state index is 0.251. The number of benzene rings is 1. The molecule has 3 nitrogen and oxygen atoms in total. The monoisotopic (exact) mass is 274 g/mol. The van der Waals surface area contributed by atoms with Crippen LogP contribution in [0.3, 0.4) is 0 Å². The third-order valence-corrected chi connectivity index (χ3v) is 4.67. The topological polar surface area (TPSA) is 38.5 Å². The third-order valence-electron chi connectivity index (χ3n) is 4.67. The minimum Gasteiger partial charge on any atom is -0.488 e. The maximum absolute atomic E-state index is 6.15. The van der Waals surface area contributed by atoms with Gasteiger partial charge in [0.05, 0.1) is 0 Å². The maximum Gasteiger partial charge on any atom is 0.123 e. The molecule has 2 heterocycles. The number of piperidine rings is 1. The lowest BCUT2D eigenvalue weighted by atomic mass is 9.96. The lowest BCUT2D eigenvalue weighted by Gasteiger charge is -2.39. The van der Waals surface area contributed by atoms with Crippen LogP contribution >= 0.6 is 0 Å². The van der Waals surface area contributed by atoms with Crippen molar-refractivity contribution in [3.8, 4) is 5.75 Å². The van der Waals surface area contributed by atoms with Crippen molar-refractivity contribution in [2.45, 2.75) is 57.7 Å². The summed E-state index contributed by atoms with van der Waals surface area (Å²) in [6, 6.07) is 7.28. The first-order chi connectivity index (χ1) is 9.63. The summed E-state index contributed by atoms with van der Waals surface area (Å²) in [5, 5.41) is 0. The molecule has 2 aliphatic heterocycles. The number of likely N-dealkylation sites (tertiary alicyclic amines) is 1. The summed E-state index contributed by atoms with van der Waals surface area (Å²) in [6.45, 7) is 6.46. The van der Waals surface area contributed by atoms with Gasteiger partial charge in [0, 0.05) is 25.0 Å². The molecule has 1 aromatic rings. The largest absolute Gasteiger partial charge is 0.488 e. The fourth-order valence-corrected chi connectivity index (χ4v) is 3.65. The van der Waals surface area contributed by atoms with Crippen molar-refractivity contribution in [1.29, 1.82) is 0 Å². The molecule has 0 radical (unpaired) electrons. The first-order valence-corrected chi connectivity index (χ1v) is 7.89. The molecular weight excluding hydrogens is 248 g/mol. The zero-order valence-corrected chi connectivity index (χ0v) is 12.6. The van der Waals surface area contributed by atoms with Gasteiger partial charge in [-0.2, -0.15) is 0 Å². The second kappa shape index (κ2) is 5.74. The fourth-order valence-electron chi connectivity index (χ4n) is 3.65. The Balaban J connectivity index is 1.64. The molecule has 20 heavy (non-hydrogen) atoms. The summed E-state index contributed by atoms with van der Waals surface area (Å²) in [5.41, 5.74) is 8.84. The molecule has 1 fully saturated rings. The second-order valence-corrected chi connectivity index (χ2v) is 6.47. The van der Waals surface area contributed by atoms with Gasteiger partial charge in [0.2, 0.25) is 0 Å². The Hall–Kier alpha value is -1.06. The Morgan fingerprint density at radius 2 is 2.25 bits per heavy atom. The number of fused-ring (bicyclic) bond motifs is 1. The van der Waals surface area contributed by atoms with Gasteiger partial charge in [0.15, 0.2) is 0 Å². The quantitative estimate of drug-likeness (QED) is 0.920. The molecule has 0 saturated carbocycles. The van der Waals surface area contributed by atoms with E-state index in [9.17, 15) is 0 Å². The fraction of sp³-hybridized carbons (Fsp3) is 0.647. The molecule has 3 atom stereocenters. The first kappa shape index (κ1) is 13.9. The van der Waals surface area contributed by atoms with Gasteiger partial charge in [0.1, 0.15) is 11.9 Å². The standard InChI is InChI=1S/C17H26N2O/c1-12-6-7-17-14(9-12)10-15(20-17)11-19-8-4-3-5-16(19)13(2)18/h6-7,9,13,15-16H,3-5,8,10-11,18H2,1-2H3. The summed E-state index contributed by atoms with van der Waals surface area (Å²) in [6.07, 6.45) is 5.18. The molecule has 1 saturated heterocycles. The Labute approximate surface area is 122 Å². The molecule has 0 spiro atoms. The average molecular weight is 274 g/mol. The first-order valence-electron chi connectivity index (χ1n) is 7.89. The SMILES string of the molecule is Cc1ccc2c(c1)CC(CN1CCCCC1C(C)N)O2. The van der Waals surface area contributed by atoms with Crippen LogP contribution < -0.4 is 10.5 Å². The molecule has 3 heteroatoms. The van der Waals surface area contributed by atoms with E-state index in [0.717, 1.165) is 18.7 Å². The molecule has 0 bridgehead atoms. The van der Waals surface area contributed by atoms with Crippen LogP contribution in [0.4, 0.5) is 0 Å². The van der Waals surface area contributed by atoms with E-state index in [4.69, 9.17) is 10.5 Å². The lowest BCUT2D eigenvalue weighted by Crippen LogP contribution is -2.51. The summed E-state index contributed by atoms with van der Waals surface area (Å²) in [5.74, 6) is 1.08. The third kappa shape index (κ3) is 2.84. The van der Waals surface area contributed by atoms with Gasteiger partial charge < -0.3 is 10.5 Å². The van der Waals surface area contributed by atoms with E-state index in [1.807, 2.05) is 0 Å². The highest BCUT2D eigenvalue weighted by Crippen LogP contribution is 2.31. The molecule has 1 aromatic carbocycles. The molecule has 0 amide bonds. The van der Waals surface area contributed by atoms with E-state index in [2.05, 4.69) is 36.9 Å². The number of nitrogens with two attached hydrogens (primary N) is 1. The molecule has 3 unspecified atom stereocenters. The number of hydrogen-bond acceptors (Lipinski definition) is 3. The molecular formula is C17H26N2O. The van der Waals surface area contributed by atoms with Crippen LogP contribution in [0.15, 0.2) is 18.2 Å². The van der Waals surface area contributed by atoms with Crippen molar-refractivity contribution in [1.82, 2.24) is 4.90 Å². The summed E-state index contributed by atoms with van der Waals surface area (Å²) in [4.78, 5) is 2.55. The number of hydrogen-bond donors (Lipinski definition) is 1. The Kier molecular flexibility index (Phi) is 3.99. The molecule has 2 N–H and O–H groups in total. The molecule has 0 aromatic heterocycles. The predicted octanol–water partition coefficient (Wildman–Crippen LogP) is 2.50. The van der Waals surface area contributed by atoms with Crippen molar-refractivity contribution in [3.05, 3.63) is 29.3 Å². The van der Waals surface area contributed by atoms with Crippen molar-refractivity contribution < 1.29 is 4.74 Å². The number of nitrogens with zero attached hydrogens (tertiary/aromatic N) is 1. The van der Waals surface area contributed by atoms with Crippen molar-refractivity contribution in [2.75, 3.05) is 13.1 Å². The summed E-state index contributed by atoms with van der Waals surface area (Å²) in [7, 11) is 0. The molecule has 3 rings (SSSR count). The van der Waals surface area contributed by atoms with Gasteiger partial charge in [0.25, 0.3) is 0 Å². The summed E-state index contributed by atoms with van der Waals surface area (Å²) >= 11 is 0. The van der Waals surface area contributed by atoms with Crippen molar-refractivity contribution >= 4 is 0 Å². The zero-order chi connectivity index (χ0) is 14.1. The van der Waals surface area contributed by atoms with Crippen LogP contribution in [0.25, 0.3) is 0 Å². The Morgan fingerprint density at radius 1 is 1.40 bits per heavy atom. The van der Waals surface area contributed by atoms with E-state index < -0.39 is 0 Å². The number of rotatable bonds is 3. The Morgan fingerprint density at radius 3 is 3.05 bits per heavy atom. The van der Waals surface area contributed by atoms with Crippen LogP contribution in [-0.2, 0) is 6.42 Å². The van der Waals surface area contributed by atoms with Crippen LogP contribution in [0.5, 0.6) is 5.75 Å². The predicted molar refractivity (Wildman–Crippen MR) is 82.2 cm³/mol. The van der Waals surface area contributed by atoms with Crippen LogP contribution in [0, 0.1) is 6.92 Å². The van der Waals surface area contributed by atoms with Gasteiger partial charge in [-0.3, -0.25) is 4.90 Å². The van der Waals surface area contributed by atoms with E-state index in [-0.39, 0.29) is 6.04 Å². The Bertz CT molecular complexity index is 472. The van der Waals surface area contributed by atoms with Crippen LogP contribution in [0.1, 0.15) is 37.3 Å². The maximum atomic E-state index is 6.15. The number of aryl methyl sites for hydroxylation is 1. The van der Waals surface area contributed by atoms with E-state index >= 15 is 0 Å². The van der Waals surface area contributed by atoms with Crippen LogP contribution in [-0.4, -0.2) is 36.2 Å². The van der Waals surface area contributed by atoms with E-state index in [1.165, 1.54) is 36.9 Å². The summed E-state index contributed by atoms with van der Waals surface area (Å²) < 4.78 is 6.11. The van der Waals surface area contributed by atoms with Crippen LogP contribution in [0.2, 0.25) is 0 Å². The smallest absolute Gasteiger partial charge is 0.123 e. The van der Waals surface area contributed by atoms with Gasteiger partial charge >= 0.3 is 0 Å². The second-order valence-electron chi connectivity index (χ2n) is 6.47. The highest BCUT2D eigenvalue weighted by Gasteiger charge is 2.30.